The molecule has 1 rings (SSSR count). The lowest BCUT2D eigenvalue weighted by atomic mass is 10.0. The molecular weight excluding hydrogens is 304 g/mol. The first-order valence-corrected chi connectivity index (χ1v) is 11.2. The molecule has 0 aliphatic heterocycles. The number of hydrogen-bond acceptors (Lipinski definition) is 0. The molecule has 2 nitrogen and oxygen atoms in total. The van der Waals surface area contributed by atoms with Crippen molar-refractivity contribution in [1.82, 2.24) is 4.57 Å². The number of aryl methyl sites for hydroxylation is 1. The molecule has 0 aromatic carbocycles. The molecule has 0 radical (unpaired) electrons. The van der Waals surface area contributed by atoms with Gasteiger partial charge in [-0.15, -0.1) is 0 Å². The summed E-state index contributed by atoms with van der Waals surface area (Å²) in [5, 5.41) is 0. The van der Waals surface area contributed by atoms with Gasteiger partial charge in [0.05, 0.1) is 13.1 Å². The Labute approximate surface area is 158 Å². The van der Waals surface area contributed by atoms with Gasteiger partial charge in [-0.3, -0.25) is 0 Å². The predicted molar refractivity (Wildman–Crippen MR) is 110 cm³/mol. The van der Waals surface area contributed by atoms with Gasteiger partial charge in [0.25, 0.3) is 5.82 Å². The zero-order valence-electron chi connectivity index (χ0n) is 17.7. The van der Waals surface area contributed by atoms with Crippen LogP contribution in [0.1, 0.15) is 123 Å². The average molecular weight is 350 g/mol. The molecule has 2 heteroatoms. The van der Waals surface area contributed by atoms with E-state index in [1.165, 1.54) is 102 Å². The Kier molecular flexibility index (Phi) is 12.8. The van der Waals surface area contributed by atoms with Crippen molar-refractivity contribution in [2.75, 3.05) is 0 Å². The Morgan fingerprint density at radius 3 is 1.64 bits per heavy atom. The van der Waals surface area contributed by atoms with Crippen LogP contribution in [-0.4, -0.2) is 4.57 Å². The highest BCUT2D eigenvalue weighted by Crippen LogP contribution is 2.13. The quantitative estimate of drug-likeness (QED) is 0.226. The fourth-order valence-corrected chi connectivity index (χ4v) is 3.78. The molecule has 0 bridgehead atoms. The fraction of sp³-hybridized carbons (Fsp3) is 0.870. The Morgan fingerprint density at radius 2 is 1.20 bits per heavy atom. The molecule has 0 saturated carbocycles. The topological polar surface area (TPSA) is 8.81 Å². The molecule has 25 heavy (non-hydrogen) atoms. The first kappa shape index (κ1) is 22.3. The van der Waals surface area contributed by atoms with Gasteiger partial charge < -0.3 is 0 Å². The third kappa shape index (κ3) is 10.1. The Balaban J connectivity index is 1.90. The summed E-state index contributed by atoms with van der Waals surface area (Å²) < 4.78 is 4.71. The molecule has 0 aliphatic rings. The van der Waals surface area contributed by atoms with Crippen molar-refractivity contribution in [3.63, 3.8) is 0 Å². The van der Waals surface area contributed by atoms with Crippen LogP contribution in [0.3, 0.4) is 0 Å². The van der Waals surface area contributed by atoms with Crippen molar-refractivity contribution >= 4 is 0 Å². The summed E-state index contributed by atoms with van der Waals surface area (Å²) in [4.78, 5) is 0. The van der Waals surface area contributed by atoms with Crippen LogP contribution in [0, 0.1) is 0 Å². The van der Waals surface area contributed by atoms with E-state index in [-0.39, 0.29) is 0 Å². The van der Waals surface area contributed by atoms with Crippen LogP contribution in [0.15, 0.2) is 12.4 Å². The van der Waals surface area contributed by atoms with Gasteiger partial charge in [0.2, 0.25) is 0 Å². The largest absolute Gasteiger partial charge is 0.256 e. The van der Waals surface area contributed by atoms with E-state index >= 15 is 0 Å². The van der Waals surface area contributed by atoms with E-state index in [1.54, 1.807) is 0 Å². The van der Waals surface area contributed by atoms with E-state index in [0.29, 0.717) is 6.04 Å². The summed E-state index contributed by atoms with van der Waals surface area (Å²) in [7, 11) is 2.18. The maximum atomic E-state index is 2.42. The van der Waals surface area contributed by atoms with Crippen molar-refractivity contribution < 1.29 is 4.57 Å². The first-order valence-electron chi connectivity index (χ1n) is 11.2. The van der Waals surface area contributed by atoms with Crippen molar-refractivity contribution in [2.45, 2.75) is 123 Å². The van der Waals surface area contributed by atoms with E-state index in [0.717, 1.165) is 0 Å². The van der Waals surface area contributed by atoms with Gasteiger partial charge >= 0.3 is 0 Å². The lowest BCUT2D eigenvalue weighted by Gasteiger charge is -2.06. The summed E-state index contributed by atoms with van der Waals surface area (Å²) in [6.45, 7) is 6.84. The van der Waals surface area contributed by atoms with Gasteiger partial charge in [0.1, 0.15) is 12.4 Å². The zero-order valence-corrected chi connectivity index (χ0v) is 17.7. The summed E-state index contributed by atoms with van der Waals surface area (Å²) in [5.74, 6) is 1.48. The minimum atomic E-state index is 0.572. The van der Waals surface area contributed by atoms with Crippen molar-refractivity contribution in [3.05, 3.63) is 18.2 Å². The summed E-state index contributed by atoms with van der Waals surface area (Å²) in [6, 6.07) is 0.572. The molecule has 0 aliphatic carbocycles. The number of unbranched alkanes of at least 4 members (excludes halogenated alkanes) is 13. The lowest BCUT2D eigenvalue weighted by Crippen LogP contribution is -2.39. The fourth-order valence-electron chi connectivity index (χ4n) is 3.78. The Morgan fingerprint density at radius 1 is 0.760 bits per heavy atom. The molecule has 0 fully saturated rings. The molecule has 1 heterocycles. The van der Waals surface area contributed by atoms with Gasteiger partial charge in [0.15, 0.2) is 0 Å². The second kappa shape index (κ2) is 14.4. The van der Waals surface area contributed by atoms with Crippen LogP contribution < -0.4 is 4.57 Å². The minimum absolute atomic E-state index is 0.572. The van der Waals surface area contributed by atoms with E-state index in [1.807, 2.05) is 0 Å². The van der Waals surface area contributed by atoms with Gasteiger partial charge in [-0.1, -0.05) is 90.4 Å². The molecule has 1 aromatic heterocycles. The number of nitrogens with zero attached hydrogens (tertiary/aromatic N) is 2. The van der Waals surface area contributed by atoms with Crippen LogP contribution in [0.4, 0.5) is 0 Å². The molecule has 0 spiro atoms. The van der Waals surface area contributed by atoms with Crippen LogP contribution in [0.5, 0.6) is 0 Å². The highest BCUT2D eigenvalue weighted by molar-refractivity contribution is 4.82. The normalized spacial score (nSPS) is 11.6. The SMILES string of the molecule is CCCCCCCCCCCCCCCCc1n(C)cc[n+]1C(C)C. The average Bonchev–Trinajstić information content (AvgIpc) is 2.96. The van der Waals surface area contributed by atoms with Crippen molar-refractivity contribution in [2.24, 2.45) is 7.05 Å². The minimum Gasteiger partial charge on any atom is -0.237 e. The first-order chi connectivity index (χ1) is 12.2. The van der Waals surface area contributed by atoms with Crippen LogP contribution in [0.25, 0.3) is 0 Å². The highest BCUT2D eigenvalue weighted by atomic mass is 15.1. The van der Waals surface area contributed by atoms with Crippen molar-refractivity contribution in [3.8, 4) is 0 Å². The molecule has 0 saturated heterocycles. The van der Waals surface area contributed by atoms with Gasteiger partial charge in [-0.2, -0.15) is 0 Å². The standard InChI is InChI=1S/C23H45N2/c1-5-6-7-8-9-10-11-12-13-14-15-16-17-18-19-23-24(4)20-21-25(23)22(2)3/h20-22H,5-19H2,1-4H3/q+1. The smallest absolute Gasteiger partial charge is 0.237 e. The maximum absolute atomic E-state index is 2.42. The molecule has 0 amide bonds. The predicted octanol–water partition coefficient (Wildman–Crippen LogP) is 6.92. The van der Waals surface area contributed by atoms with Gasteiger partial charge in [-0.25, -0.2) is 9.13 Å². The second-order valence-corrected chi connectivity index (χ2v) is 8.17. The Bertz CT molecular complexity index is 420. The molecule has 0 unspecified atom stereocenters. The summed E-state index contributed by atoms with van der Waals surface area (Å²) >= 11 is 0. The van der Waals surface area contributed by atoms with Crippen LogP contribution in [-0.2, 0) is 13.5 Å². The van der Waals surface area contributed by atoms with Crippen LogP contribution >= 0.6 is 0 Å². The third-order valence-corrected chi connectivity index (χ3v) is 5.47. The molecule has 146 valence electrons. The molecule has 0 atom stereocenters. The number of hydrogen-bond donors (Lipinski definition) is 0. The monoisotopic (exact) mass is 349 g/mol. The highest BCUT2D eigenvalue weighted by Gasteiger charge is 2.15. The van der Waals surface area contributed by atoms with Gasteiger partial charge in [-0.05, 0) is 20.3 Å². The molecular formula is C23H45N2+. The van der Waals surface area contributed by atoms with Gasteiger partial charge in [0, 0.05) is 6.42 Å². The number of rotatable bonds is 16. The molecule has 0 N–H and O–H groups in total. The number of aromatic nitrogens is 2. The summed E-state index contributed by atoms with van der Waals surface area (Å²) in [6.07, 6.45) is 25.7. The lowest BCUT2D eigenvalue weighted by molar-refractivity contribution is -0.722. The van der Waals surface area contributed by atoms with E-state index in [9.17, 15) is 0 Å². The Hall–Kier alpha value is -0.790. The maximum Gasteiger partial charge on any atom is 0.256 e. The summed E-state index contributed by atoms with van der Waals surface area (Å²) in [5.41, 5.74) is 0. The third-order valence-electron chi connectivity index (χ3n) is 5.47. The zero-order chi connectivity index (χ0) is 18.3. The molecule has 1 aromatic rings. The second-order valence-electron chi connectivity index (χ2n) is 8.17. The number of imidazole rings is 1. The van der Waals surface area contributed by atoms with Crippen molar-refractivity contribution in [1.29, 1.82) is 0 Å². The van der Waals surface area contributed by atoms with Crippen LogP contribution in [0.2, 0.25) is 0 Å². The van der Waals surface area contributed by atoms with E-state index in [2.05, 4.69) is 49.3 Å². The van der Waals surface area contributed by atoms with E-state index in [4.69, 9.17) is 0 Å². The van der Waals surface area contributed by atoms with E-state index < -0.39 is 0 Å².